The van der Waals surface area contributed by atoms with Crippen LogP contribution in [0.25, 0.3) is 0 Å². The predicted octanol–water partition coefficient (Wildman–Crippen LogP) is 2.16. The quantitative estimate of drug-likeness (QED) is 0.868. The number of benzene rings is 2. The van der Waals surface area contributed by atoms with E-state index >= 15 is 0 Å². The highest BCUT2D eigenvalue weighted by Crippen LogP contribution is 2.15. The number of amides is 3. The first-order valence-electron chi connectivity index (χ1n) is 8.49. The molecule has 0 aliphatic carbocycles. The Bertz CT molecular complexity index is 829. The lowest BCUT2D eigenvalue weighted by atomic mass is 10.1. The van der Waals surface area contributed by atoms with E-state index in [9.17, 15) is 9.59 Å². The maximum Gasteiger partial charge on any atom is 0.315 e. The molecule has 0 radical (unpaired) electrons. The van der Waals surface area contributed by atoms with Crippen molar-refractivity contribution in [3.63, 3.8) is 0 Å². The maximum absolute atomic E-state index is 12.1. The molecule has 1 atom stereocenters. The van der Waals surface area contributed by atoms with Crippen LogP contribution in [0.4, 0.5) is 4.79 Å². The van der Waals surface area contributed by atoms with Gasteiger partial charge in [-0.25, -0.2) is 4.79 Å². The molecule has 6 nitrogen and oxygen atoms in total. The van der Waals surface area contributed by atoms with Gasteiger partial charge < -0.3 is 15.5 Å². The molecule has 0 spiro atoms. The van der Waals surface area contributed by atoms with Crippen molar-refractivity contribution in [2.24, 2.45) is 0 Å². The third kappa shape index (κ3) is 4.61. The second kappa shape index (κ2) is 8.17. The molecule has 2 N–H and O–H groups in total. The lowest BCUT2D eigenvalue weighted by Crippen LogP contribution is -2.43. The number of hydrogen-bond acceptors (Lipinski definition) is 3. The Balaban J connectivity index is 1.47. The second-order valence-electron chi connectivity index (χ2n) is 6.30. The first-order valence-corrected chi connectivity index (χ1v) is 8.49. The van der Waals surface area contributed by atoms with Gasteiger partial charge in [0.25, 0.3) is 0 Å². The van der Waals surface area contributed by atoms with E-state index < -0.39 is 0 Å². The Kier molecular flexibility index (Phi) is 5.49. The van der Waals surface area contributed by atoms with E-state index in [-0.39, 0.29) is 18.0 Å². The molecule has 1 aliphatic heterocycles. The average molecular weight is 348 g/mol. The van der Waals surface area contributed by atoms with Gasteiger partial charge in [0.05, 0.1) is 17.7 Å². The van der Waals surface area contributed by atoms with Crippen LogP contribution in [0.3, 0.4) is 0 Å². The van der Waals surface area contributed by atoms with Crippen LogP contribution in [0.2, 0.25) is 0 Å². The number of nitrogens with zero attached hydrogens (tertiary/aromatic N) is 2. The number of nitriles is 1. The summed E-state index contributed by atoms with van der Waals surface area (Å²) in [6.07, 6.45) is 0.310. The summed E-state index contributed by atoms with van der Waals surface area (Å²) < 4.78 is 0. The van der Waals surface area contributed by atoms with E-state index in [1.807, 2.05) is 36.4 Å². The van der Waals surface area contributed by atoms with Crippen LogP contribution in [0.15, 0.2) is 54.6 Å². The molecule has 3 amide bonds. The Morgan fingerprint density at radius 3 is 2.69 bits per heavy atom. The van der Waals surface area contributed by atoms with E-state index in [4.69, 9.17) is 5.26 Å². The minimum absolute atomic E-state index is 0.0425. The number of hydrogen-bond donors (Lipinski definition) is 2. The molecule has 1 fully saturated rings. The van der Waals surface area contributed by atoms with Crippen molar-refractivity contribution in [1.29, 1.82) is 5.26 Å². The number of rotatable bonds is 5. The number of urea groups is 1. The van der Waals surface area contributed by atoms with E-state index in [0.29, 0.717) is 31.6 Å². The first kappa shape index (κ1) is 17.5. The molecular formula is C20H20N4O2. The fraction of sp³-hybridized carbons (Fsp3) is 0.250. The molecule has 6 heteroatoms. The average Bonchev–Trinajstić information content (AvgIpc) is 3.00. The highest BCUT2D eigenvalue weighted by Gasteiger charge is 2.30. The fourth-order valence-electron chi connectivity index (χ4n) is 3.00. The predicted molar refractivity (Wildman–Crippen MR) is 96.8 cm³/mol. The SMILES string of the molecule is N#Cc1cccc(CNC(=O)N[C@@H]2CC(=O)N(Cc3ccccc3)C2)c1. The van der Waals surface area contributed by atoms with Crippen molar-refractivity contribution in [2.45, 2.75) is 25.6 Å². The first-order chi connectivity index (χ1) is 12.6. The fourth-order valence-corrected chi connectivity index (χ4v) is 3.00. The summed E-state index contributed by atoms with van der Waals surface area (Å²) in [5, 5.41) is 14.5. The molecule has 1 heterocycles. The molecule has 26 heavy (non-hydrogen) atoms. The monoisotopic (exact) mass is 348 g/mol. The van der Waals surface area contributed by atoms with Gasteiger partial charge in [-0.05, 0) is 23.3 Å². The normalized spacial score (nSPS) is 16.2. The second-order valence-corrected chi connectivity index (χ2v) is 6.30. The summed E-state index contributed by atoms with van der Waals surface area (Å²) in [5.74, 6) is 0.0425. The summed E-state index contributed by atoms with van der Waals surface area (Å²) in [5.41, 5.74) is 2.48. The van der Waals surface area contributed by atoms with Gasteiger partial charge in [0.15, 0.2) is 0 Å². The minimum atomic E-state index is -0.313. The Labute approximate surface area is 152 Å². The van der Waals surface area contributed by atoms with Gasteiger partial charge in [0, 0.05) is 26.1 Å². The highest BCUT2D eigenvalue weighted by molar-refractivity contribution is 5.81. The Morgan fingerprint density at radius 2 is 1.92 bits per heavy atom. The minimum Gasteiger partial charge on any atom is -0.336 e. The van der Waals surface area contributed by atoms with Crippen molar-refractivity contribution in [3.05, 3.63) is 71.3 Å². The van der Waals surface area contributed by atoms with E-state index in [2.05, 4.69) is 16.7 Å². The van der Waals surface area contributed by atoms with Crippen molar-refractivity contribution in [2.75, 3.05) is 6.54 Å². The zero-order valence-corrected chi connectivity index (χ0v) is 14.3. The van der Waals surface area contributed by atoms with Crippen LogP contribution >= 0.6 is 0 Å². The Morgan fingerprint density at radius 1 is 1.15 bits per heavy atom. The topological polar surface area (TPSA) is 85.2 Å². The van der Waals surface area contributed by atoms with Gasteiger partial charge in [0.2, 0.25) is 5.91 Å². The highest BCUT2D eigenvalue weighted by atomic mass is 16.2. The molecule has 1 saturated heterocycles. The number of carbonyl (C=O) groups is 2. The summed E-state index contributed by atoms with van der Waals surface area (Å²) >= 11 is 0. The van der Waals surface area contributed by atoms with Crippen molar-refractivity contribution in [1.82, 2.24) is 15.5 Å². The summed E-state index contributed by atoms with van der Waals surface area (Å²) in [4.78, 5) is 26.0. The molecule has 2 aromatic carbocycles. The zero-order valence-electron chi connectivity index (χ0n) is 14.3. The summed E-state index contributed by atoms with van der Waals surface area (Å²) in [6, 6.07) is 18.4. The standard InChI is InChI=1S/C20H20N4O2/c21-11-16-7-4-8-17(9-16)12-22-20(26)23-18-10-19(25)24(14-18)13-15-5-2-1-3-6-15/h1-9,18H,10,12-14H2,(H2,22,23,26)/t18-/m1/s1. The van der Waals surface area contributed by atoms with Crippen LogP contribution in [-0.4, -0.2) is 29.4 Å². The summed E-state index contributed by atoms with van der Waals surface area (Å²) in [6.45, 7) is 1.39. The lowest BCUT2D eigenvalue weighted by Gasteiger charge is -2.17. The molecule has 2 aromatic rings. The number of carbonyl (C=O) groups excluding carboxylic acids is 2. The molecule has 3 rings (SSSR count). The van der Waals surface area contributed by atoms with Crippen LogP contribution in [0.1, 0.15) is 23.1 Å². The van der Waals surface area contributed by atoms with Crippen molar-refractivity contribution >= 4 is 11.9 Å². The van der Waals surface area contributed by atoms with Gasteiger partial charge in [-0.2, -0.15) is 5.26 Å². The van der Waals surface area contributed by atoms with Crippen LogP contribution in [-0.2, 0) is 17.9 Å². The van der Waals surface area contributed by atoms with Crippen molar-refractivity contribution < 1.29 is 9.59 Å². The van der Waals surface area contributed by atoms with Crippen LogP contribution in [0.5, 0.6) is 0 Å². The number of likely N-dealkylation sites (tertiary alicyclic amines) is 1. The largest absolute Gasteiger partial charge is 0.336 e. The van der Waals surface area contributed by atoms with Gasteiger partial charge >= 0.3 is 6.03 Å². The van der Waals surface area contributed by atoms with Crippen LogP contribution < -0.4 is 10.6 Å². The molecule has 0 bridgehead atoms. The molecule has 0 aromatic heterocycles. The van der Waals surface area contributed by atoms with Gasteiger partial charge in [-0.3, -0.25) is 4.79 Å². The third-order valence-corrected chi connectivity index (χ3v) is 4.28. The lowest BCUT2D eigenvalue weighted by molar-refractivity contribution is -0.128. The van der Waals surface area contributed by atoms with Crippen molar-refractivity contribution in [3.8, 4) is 6.07 Å². The third-order valence-electron chi connectivity index (χ3n) is 4.28. The van der Waals surface area contributed by atoms with Gasteiger partial charge in [-0.1, -0.05) is 42.5 Å². The maximum atomic E-state index is 12.1. The van der Waals surface area contributed by atoms with Crippen LogP contribution in [0, 0.1) is 11.3 Å². The zero-order chi connectivity index (χ0) is 18.4. The van der Waals surface area contributed by atoms with E-state index in [1.165, 1.54) is 0 Å². The molecule has 0 saturated carbocycles. The molecule has 0 unspecified atom stereocenters. The molecule has 1 aliphatic rings. The van der Waals surface area contributed by atoms with E-state index in [0.717, 1.165) is 11.1 Å². The Hall–Kier alpha value is -3.33. The number of nitrogens with one attached hydrogen (secondary N) is 2. The smallest absolute Gasteiger partial charge is 0.315 e. The molecular weight excluding hydrogens is 328 g/mol. The molecule has 132 valence electrons. The van der Waals surface area contributed by atoms with E-state index in [1.54, 1.807) is 23.1 Å². The van der Waals surface area contributed by atoms with Gasteiger partial charge in [0.1, 0.15) is 0 Å². The summed E-state index contributed by atoms with van der Waals surface area (Å²) in [7, 11) is 0. The van der Waals surface area contributed by atoms with Gasteiger partial charge in [-0.15, -0.1) is 0 Å².